The standard InChI is InChI=1S/C12H18O2S/c1-8-4-10-11(2,14-7-8)5-9(13)6-12(10,3)15/h4,9,13,15H,1,5-7H2,2-3H3. The van der Waals surface area contributed by atoms with E-state index in [9.17, 15) is 5.11 Å². The van der Waals surface area contributed by atoms with Gasteiger partial charge in [0.2, 0.25) is 0 Å². The van der Waals surface area contributed by atoms with Gasteiger partial charge in [-0.1, -0.05) is 12.7 Å². The lowest BCUT2D eigenvalue weighted by Crippen LogP contribution is -2.51. The maximum atomic E-state index is 9.84. The van der Waals surface area contributed by atoms with E-state index in [1.54, 1.807) is 0 Å². The summed E-state index contributed by atoms with van der Waals surface area (Å²) in [5, 5.41) is 9.84. The zero-order chi connectivity index (χ0) is 11.3. The molecule has 1 aliphatic carbocycles. The summed E-state index contributed by atoms with van der Waals surface area (Å²) >= 11 is 4.64. The van der Waals surface area contributed by atoms with E-state index in [4.69, 9.17) is 4.74 Å². The fourth-order valence-electron chi connectivity index (χ4n) is 2.71. The van der Waals surface area contributed by atoms with Crippen molar-refractivity contribution in [3.8, 4) is 0 Å². The Morgan fingerprint density at radius 2 is 2.20 bits per heavy atom. The molecule has 1 aliphatic heterocycles. The fourth-order valence-corrected chi connectivity index (χ4v) is 3.22. The number of hydrogen-bond donors (Lipinski definition) is 2. The van der Waals surface area contributed by atoms with E-state index in [0.29, 0.717) is 19.4 Å². The first-order valence-electron chi connectivity index (χ1n) is 5.28. The summed E-state index contributed by atoms with van der Waals surface area (Å²) in [6, 6.07) is 0. The van der Waals surface area contributed by atoms with E-state index in [1.165, 1.54) is 0 Å². The van der Waals surface area contributed by atoms with Crippen LogP contribution in [0, 0.1) is 0 Å². The number of hydrogen-bond acceptors (Lipinski definition) is 3. The lowest BCUT2D eigenvalue weighted by atomic mass is 9.71. The summed E-state index contributed by atoms with van der Waals surface area (Å²) in [6.07, 6.45) is 3.08. The van der Waals surface area contributed by atoms with Crippen LogP contribution in [0.5, 0.6) is 0 Å². The molecule has 1 fully saturated rings. The molecule has 0 aromatic carbocycles. The normalized spacial score (nSPS) is 46.0. The highest BCUT2D eigenvalue weighted by molar-refractivity contribution is 7.82. The van der Waals surface area contributed by atoms with Gasteiger partial charge >= 0.3 is 0 Å². The van der Waals surface area contributed by atoms with Gasteiger partial charge in [-0.25, -0.2) is 0 Å². The SMILES string of the molecule is C=C1C=C2C(C)(S)CC(O)CC2(C)OC1. The molecular weight excluding hydrogens is 208 g/mol. The molecule has 0 saturated heterocycles. The summed E-state index contributed by atoms with van der Waals surface area (Å²) in [4.78, 5) is 0. The Morgan fingerprint density at radius 1 is 1.53 bits per heavy atom. The van der Waals surface area contributed by atoms with Gasteiger partial charge in [0.15, 0.2) is 0 Å². The Bertz CT molecular complexity index is 333. The van der Waals surface area contributed by atoms with Crippen molar-refractivity contribution in [1.29, 1.82) is 0 Å². The predicted molar refractivity (Wildman–Crippen MR) is 64.2 cm³/mol. The average Bonchev–Trinajstić information content (AvgIpc) is 2.06. The largest absolute Gasteiger partial charge is 0.393 e. The van der Waals surface area contributed by atoms with E-state index >= 15 is 0 Å². The number of aliphatic hydroxyl groups excluding tert-OH is 1. The second-order valence-electron chi connectivity index (χ2n) is 5.07. The molecule has 1 N–H and O–H groups in total. The first-order valence-corrected chi connectivity index (χ1v) is 5.73. The molecule has 0 aromatic heterocycles. The topological polar surface area (TPSA) is 29.5 Å². The van der Waals surface area contributed by atoms with Crippen molar-refractivity contribution in [1.82, 2.24) is 0 Å². The molecule has 2 aliphatic rings. The van der Waals surface area contributed by atoms with E-state index < -0.39 is 0 Å². The predicted octanol–water partition coefficient (Wildman–Crippen LogP) is 2.10. The first-order chi connectivity index (χ1) is 6.83. The maximum Gasteiger partial charge on any atom is 0.0909 e. The van der Waals surface area contributed by atoms with Gasteiger partial charge in [0.25, 0.3) is 0 Å². The number of fused-ring (bicyclic) bond motifs is 1. The number of ether oxygens (including phenoxy) is 1. The summed E-state index contributed by atoms with van der Waals surface area (Å²) in [7, 11) is 0. The molecule has 3 heteroatoms. The van der Waals surface area contributed by atoms with E-state index in [1.807, 2.05) is 13.8 Å². The third-order valence-corrected chi connectivity index (χ3v) is 3.76. The highest BCUT2D eigenvalue weighted by Crippen LogP contribution is 2.47. The van der Waals surface area contributed by atoms with Crippen LogP contribution in [0.25, 0.3) is 0 Å². The van der Waals surface area contributed by atoms with Crippen LogP contribution in [0.15, 0.2) is 23.8 Å². The van der Waals surface area contributed by atoms with Crippen LogP contribution < -0.4 is 0 Å². The summed E-state index contributed by atoms with van der Waals surface area (Å²) in [6.45, 7) is 8.54. The Hall–Kier alpha value is -0.250. The molecule has 0 amide bonds. The van der Waals surface area contributed by atoms with Crippen molar-refractivity contribution < 1.29 is 9.84 Å². The summed E-state index contributed by atoms with van der Waals surface area (Å²) < 4.78 is 5.52. The Balaban J connectivity index is 2.44. The van der Waals surface area contributed by atoms with Crippen LogP contribution in [-0.4, -0.2) is 28.2 Å². The second kappa shape index (κ2) is 3.37. The molecule has 0 bridgehead atoms. The van der Waals surface area contributed by atoms with Gasteiger partial charge in [0, 0.05) is 11.2 Å². The van der Waals surface area contributed by atoms with Crippen molar-refractivity contribution in [3.63, 3.8) is 0 Å². The Kier molecular flexibility index (Phi) is 2.53. The molecule has 0 aromatic rings. The molecule has 15 heavy (non-hydrogen) atoms. The van der Waals surface area contributed by atoms with E-state index in [2.05, 4.69) is 25.3 Å². The maximum absolute atomic E-state index is 9.84. The van der Waals surface area contributed by atoms with Crippen molar-refractivity contribution in [2.24, 2.45) is 0 Å². The fraction of sp³-hybridized carbons (Fsp3) is 0.667. The van der Waals surface area contributed by atoms with Gasteiger partial charge in [-0.2, -0.15) is 12.6 Å². The molecule has 0 spiro atoms. The highest BCUT2D eigenvalue weighted by Gasteiger charge is 2.48. The minimum atomic E-state index is -0.366. The first kappa shape index (κ1) is 11.2. The molecule has 3 unspecified atom stereocenters. The van der Waals surface area contributed by atoms with E-state index in [0.717, 1.165) is 11.1 Å². The molecule has 3 atom stereocenters. The Labute approximate surface area is 96.4 Å². The molecular formula is C12H18O2S. The number of aliphatic hydroxyl groups is 1. The zero-order valence-corrected chi connectivity index (χ0v) is 10.2. The van der Waals surface area contributed by atoms with Crippen LogP contribution >= 0.6 is 12.6 Å². The van der Waals surface area contributed by atoms with Gasteiger partial charge in [0.1, 0.15) is 0 Å². The molecule has 84 valence electrons. The second-order valence-corrected chi connectivity index (χ2v) is 6.06. The quantitative estimate of drug-likeness (QED) is 0.619. The highest BCUT2D eigenvalue weighted by atomic mass is 32.1. The van der Waals surface area contributed by atoms with Gasteiger partial charge in [0.05, 0.1) is 18.3 Å². The molecule has 1 heterocycles. The monoisotopic (exact) mass is 226 g/mol. The van der Waals surface area contributed by atoms with Crippen molar-refractivity contribution in [3.05, 3.63) is 23.8 Å². The molecule has 2 nitrogen and oxygen atoms in total. The van der Waals surface area contributed by atoms with Gasteiger partial charge in [-0.3, -0.25) is 0 Å². The molecule has 2 rings (SSSR count). The van der Waals surface area contributed by atoms with Gasteiger partial charge in [-0.15, -0.1) is 0 Å². The average molecular weight is 226 g/mol. The van der Waals surface area contributed by atoms with Crippen LogP contribution in [0.2, 0.25) is 0 Å². The lowest BCUT2D eigenvalue weighted by molar-refractivity contribution is -0.0542. The van der Waals surface area contributed by atoms with Crippen LogP contribution in [0.1, 0.15) is 26.7 Å². The van der Waals surface area contributed by atoms with Crippen molar-refractivity contribution >= 4 is 12.6 Å². The summed E-state index contributed by atoms with van der Waals surface area (Å²) in [5.41, 5.74) is 1.77. The third kappa shape index (κ3) is 1.88. The summed E-state index contributed by atoms with van der Waals surface area (Å²) in [5.74, 6) is 0. The van der Waals surface area contributed by atoms with Crippen molar-refractivity contribution in [2.75, 3.05) is 6.61 Å². The van der Waals surface area contributed by atoms with Crippen LogP contribution in [0.4, 0.5) is 0 Å². The zero-order valence-electron chi connectivity index (χ0n) is 9.29. The van der Waals surface area contributed by atoms with Crippen LogP contribution in [0.3, 0.4) is 0 Å². The minimum Gasteiger partial charge on any atom is -0.393 e. The van der Waals surface area contributed by atoms with Gasteiger partial charge < -0.3 is 9.84 Å². The van der Waals surface area contributed by atoms with Crippen molar-refractivity contribution in [2.45, 2.75) is 43.1 Å². The smallest absolute Gasteiger partial charge is 0.0909 e. The van der Waals surface area contributed by atoms with Crippen LogP contribution in [-0.2, 0) is 4.74 Å². The minimum absolute atomic E-state index is 0.296. The van der Waals surface area contributed by atoms with Gasteiger partial charge in [-0.05, 0) is 31.4 Å². The third-order valence-electron chi connectivity index (χ3n) is 3.33. The van der Waals surface area contributed by atoms with E-state index in [-0.39, 0.29) is 16.5 Å². The number of rotatable bonds is 0. The lowest BCUT2D eigenvalue weighted by Gasteiger charge is -2.49. The molecule has 0 radical (unpaired) electrons. The Morgan fingerprint density at radius 3 is 2.87 bits per heavy atom. The number of thiol groups is 1. The molecule has 1 saturated carbocycles.